The number of pyridine rings is 1. The molecule has 102 valence electrons. The highest BCUT2D eigenvalue weighted by Crippen LogP contribution is 2.20. The van der Waals surface area contributed by atoms with E-state index in [4.69, 9.17) is 11.2 Å². The average Bonchev–Trinajstić information content (AvgIpc) is 2.24. The van der Waals surface area contributed by atoms with E-state index in [0.717, 1.165) is 11.1 Å². The van der Waals surface area contributed by atoms with E-state index in [1.807, 2.05) is 40.7 Å². The van der Waals surface area contributed by atoms with Crippen LogP contribution in [-0.2, 0) is 4.74 Å². The van der Waals surface area contributed by atoms with Gasteiger partial charge < -0.3 is 4.74 Å². The van der Waals surface area contributed by atoms with Crippen LogP contribution in [0.2, 0.25) is 0 Å². The number of amides is 1. The van der Waals surface area contributed by atoms with Gasteiger partial charge in [-0.1, -0.05) is 12.0 Å². The predicted molar refractivity (Wildman–Crippen MR) is 76.1 cm³/mol. The van der Waals surface area contributed by atoms with E-state index in [9.17, 15) is 4.79 Å². The molecule has 4 heteroatoms. The first-order valence-electron chi connectivity index (χ1n) is 6.12. The average molecular weight is 260 g/mol. The molecule has 0 aliphatic rings. The zero-order chi connectivity index (χ0) is 14.6. The van der Waals surface area contributed by atoms with Crippen molar-refractivity contribution in [2.75, 3.05) is 11.4 Å². The number of anilines is 1. The second kappa shape index (κ2) is 5.75. The number of rotatable bonds is 2. The van der Waals surface area contributed by atoms with Crippen LogP contribution in [0.1, 0.15) is 31.9 Å². The Morgan fingerprint density at radius 3 is 2.58 bits per heavy atom. The molecule has 0 fully saturated rings. The minimum Gasteiger partial charge on any atom is -0.443 e. The Balaban J connectivity index is 3.07. The molecular weight excluding hydrogens is 240 g/mol. The number of nitrogens with zero attached hydrogens (tertiary/aromatic N) is 2. The number of aryl methyl sites for hydroxylation is 2. The molecule has 0 radical (unpaired) electrons. The number of aromatic nitrogens is 1. The summed E-state index contributed by atoms with van der Waals surface area (Å²) >= 11 is 0. The molecule has 0 aliphatic carbocycles. The Morgan fingerprint density at radius 1 is 1.47 bits per heavy atom. The van der Waals surface area contributed by atoms with Gasteiger partial charge in [0.15, 0.2) is 0 Å². The lowest BCUT2D eigenvalue weighted by Crippen LogP contribution is -2.38. The fourth-order valence-corrected chi connectivity index (χ4v) is 1.62. The first-order valence-corrected chi connectivity index (χ1v) is 6.12. The predicted octanol–water partition coefficient (Wildman–Crippen LogP) is 3.07. The van der Waals surface area contributed by atoms with Crippen molar-refractivity contribution in [2.24, 2.45) is 0 Å². The number of terminal acetylenes is 1. The molecule has 1 heterocycles. The van der Waals surface area contributed by atoms with Crippen LogP contribution in [-0.4, -0.2) is 23.2 Å². The molecule has 0 N–H and O–H groups in total. The summed E-state index contributed by atoms with van der Waals surface area (Å²) in [4.78, 5) is 17.8. The monoisotopic (exact) mass is 260 g/mol. The molecule has 1 amide bonds. The van der Waals surface area contributed by atoms with Gasteiger partial charge in [-0.2, -0.15) is 0 Å². The van der Waals surface area contributed by atoms with Crippen LogP contribution in [0.4, 0.5) is 10.6 Å². The fourth-order valence-electron chi connectivity index (χ4n) is 1.62. The third-order valence-corrected chi connectivity index (χ3v) is 2.31. The van der Waals surface area contributed by atoms with Gasteiger partial charge in [0.25, 0.3) is 0 Å². The zero-order valence-corrected chi connectivity index (χ0v) is 12.2. The molecule has 1 rings (SSSR count). The van der Waals surface area contributed by atoms with Gasteiger partial charge in [-0.25, -0.2) is 14.7 Å². The van der Waals surface area contributed by atoms with Gasteiger partial charge in [0, 0.05) is 6.20 Å². The van der Waals surface area contributed by atoms with Gasteiger partial charge in [-0.3, -0.25) is 0 Å². The Bertz CT molecular complexity index is 510. The molecule has 4 nitrogen and oxygen atoms in total. The minimum absolute atomic E-state index is 0.131. The van der Waals surface area contributed by atoms with Crippen LogP contribution in [0, 0.1) is 26.2 Å². The van der Waals surface area contributed by atoms with Gasteiger partial charge in [-0.15, -0.1) is 6.42 Å². The standard InChI is InChI=1S/C15H20N2O2/c1-7-8-17(14(18)19-15(4,5)6)13-12(3)9-11(2)10-16-13/h1,9-10H,8H2,2-6H3. The maximum Gasteiger partial charge on any atom is 0.416 e. The third kappa shape index (κ3) is 4.29. The van der Waals surface area contributed by atoms with Crippen LogP contribution < -0.4 is 4.90 Å². The van der Waals surface area contributed by atoms with Crippen LogP contribution >= 0.6 is 0 Å². The quantitative estimate of drug-likeness (QED) is 0.767. The van der Waals surface area contributed by atoms with Crippen LogP contribution in [0.15, 0.2) is 12.3 Å². The van der Waals surface area contributed by atoms with Gasteiger partial charge in [0.1, 0.15) is 11.4 Å². The summed E-state index contributed by atoms with van der Waals surface area (Å²) in [6.45, 7) is 9.41. The van der Waals surface area contributed by atoms with Crippen LogP contribution in [0.25, 0.3) is 0 Å². The Kier molecular flexibility index (Phi) is 4.55. The second-order valence-corrected chi connectivity index (χ2v) is 5.42. The number of carbonyl (C=O) groups is 1. The Hall–Kier alpha value is -2.02. The van der Waals surface area contributed by atoms with Crippen LogP contribution in [0.3, 0.4) is 0 Å². The molecule has 0 unspecified atom stereocenters. The van der Waals surface area contributed by atoms with E-state index >= 15 is 0 Å². The van der Waals surface area contributed by atoms with Crippen molar-refractivity contribution in [1.82, 2.24) is 4.98 Å². The molecule has 0 atom stereocenters. The molecule has 0 bridgehead atoms. The van der Waals surface area contributed by atoms with E-state index in [-0.39, 0.29) is 6.54 Å². The molecule has 19 heavy (non-hydrogen) atoms. The summed E-state index contributed by atoms with van der Waals surface area (Å²) in [5.41, 5.74) is 1.36. The second-order valence-electron chi connectivity index (χ2n) is 5.42. The van der Waals surface area contributed by atoms with E-state index in [1.54, 1.807) is 6.20 Å². The highest BCUT2D eigenvalue weighted by Gasteiger charge is 2.24. The Morgan fingerprint density at radius 2 is 2.11 bits per heavy atom. The summed E-state index contributed by atoms with van der Waals surface area (Å²) in [7, 11) is 0. The molecule has 1 aromatic heterocycles. The summed E-state index contributed by atoms with van der Waals surface area (Å²) in [6, 6.07) is 1.95. The SMILES string of the molecule is C#CCN(C(=O)OC(C)(C)C)c1ncc(C)cc1C. The first kappa shape index (κ1) is 15.0. The molecule has 0 saturated carbocycles. The zero-order valence-electron chi connectivity index (χ0n) is 12.2. The summed E-state index contributed by atoms with van der Waals surface area (Å²) in [5.74, 6) is 3.00. The highest BCUT2D eigenvalue weighted by molar-refractivity contribution is 5.88. The van der Waals surface area contributed by atoms with Gasteiger partial charge in [0.05, 0.1) is 6.54 Å². The topological polar surface area (TPSA) is 42.4 Å². The van der Waals surface area contributed by atoms with Crippen molar-refractivity contribution in [3.05, 3.63) is 23.4 Å². The van der Waals surface area contributed by atoms with Crippen molar-refractivity contribution in [3.8, 4) is 12.3 Å². The molecule has 0 aromatic carbocycles. The maximum atomic E-state index is 12.2. The third-order valence-electron chi connectivity index (χ3n) is 2.31. The smallest absolute Gasteiger partial charge is 0.416 e. The number of ether oxygens (including phenoxy) is 1. The van der Waals surface area contributed by atoms with Gasteiger partial charge in [0.2, 0.25) is 0 Å². The number of carbonyl (C=O) groups excluding carboxylic acids is 1. The van der Waals surface area contributed by atoms with Crippen molar-refractivity contribution in [1.29, 1.82) is 0 Å². The summed E-state index contributed by atoms with van der Waals surface area (Å²) < 4.78 is 5.34. The van der Waals surface area contributed by atoms with Crippen molar-refractivity contribution in [3.63, 3.8) is 0 Å². The lowest BCUT2D eigenvalue weighted by atomic mass is 10.2. The van der Waals surface area contributed by atoms with E-state index in [1.165, 1.54) is 4.90 Å². The van der Waals surface area contributed by atoms with Gasteiger partial charge in [-0.05, 0) is 45.7 Å². The molecule has 0 saturated heterocycles. The fraction of sp³-hybridized carbons (Fsp3) is 0.467. The van der Waals surface area contributed by atoms with Crippen molar-refractivity contribution < 1.29 is 9.53 Å². The summed E-state index contributed by atoms with van der Waals surface area (Å²) in [6.07, 6.45) is 6.54. The highest BCUT2D eigenvalue weighted by atomic mass is 16.6. The van der Waals surface area contributed by atoms with E-state index in [0.29, 0.717) is 5.82 Å². The molecule has 1 aromatic rings. The lowest BCUT2D eigenvalue weighted by Gasteiger charge is -2.26. The van der Waals surface area contributed by atoms with Crippen molar-refractivity contribution >= 4 is 11.9 Å². The molecule has 0 aliphatic heterocycles. The van der Waals surface area contributed by atoms with Crippen molar-refractivity contribution in [2.45, 2.75) is 40.2 Å². The van der Waals surface area contributed by atoms with Gasteiger partial charge >= 0.3 is 6.09 Å². The maximum absolute atomic E-state index is 12.2. The normalized spacial score (nSPS) is 10.7. The van der Waals surface area contributed by atoms with E-state index < -0.39 is 11.7 Å². The lowest BCUT2D eigenvalue weighted by molar-refractivity contribution is 0.0583. The van der Waals surface area contributed by atoms with E-state index in [2.05, 4.69) is 10.9 Å². The Labute approximate surface area is 114 Å². The summed E-state index contributed by atoms with van der Waals surface area (Å²) in [5, 5.41) is 0. The number of hydrogen-bond acceptors (Lipinski definition) is 3. The first-order chi connectivity index (χ1) is 8.74. The largest absolute Gasteiger partial charge is 0.443 e. The minimum atomic E-state index is -0.567. The molecular formula is C15H20N2O2. The molecule has 0 spiro atoms. The number of hydrogen-bond donors (Lipinski definition) is 0. The van der Waals surface area contributed by atoms with Crippen LogP contribution in [0.5, 0.6) is 0 Å².